The van der Waals surface area contributed by atoms with E-state index < -0.39 is 0 Å². The molecule has 0 aliphatic carbocycles. The summed E-state index contributed by atoms with van der Waals surface area (Å²) in [6, 6.07) is 15.5. The highest BCUT2D eigenvalue weighted by Gasteiger charge is 2.30. The van der Waals surface area contributed by atoms with Crippen LogP contribution in [0.5, 0.6) is 5.75 Å². The monoisotopic (exact) mass is 345 g/mol. The zero-order valence-electron chi connectivity index (χ0n) is 11.5. The molecule has 1 N–H and O–H groups in total. The topological polar surface area (TPSA) is 40.5 Å². The van der Waals surface area contributed by atoms with Gasteiger partial charge in [0.2, 0.25) is 5.91 Å². The molecule has 108 valence electrons. The number of halogens is 1. The average Bonchev–Trinajstić information content (AvgIpc) is 2.84. The Morgan fingerprint density at radius 1 is 1.19 bits per heavy atom. The molecule has 3 nitrogen and oxygen atoms in total. The van der Waals surface area contributed by atoms with Gasteiger partial charge in [-0.1, -0.05) is 52.3 Å². The first kappa shape index (κ1) is 14.1. The number of phenols is 1. The van der Waals surface area contributed by atoms with Crippen LogP contribution in [-0.4, -0.2) is 22.5 Å². The summed E-state index contributed by atoms with van der Waals surface area (Å²) >= 11 is 3.32. The van der Waals surface area contributed by atoms with E-state index in [9.17, 15) is 9.90 Å². The van der Waals surface area contributed by atoms with Gasteiger partial charge in [0, 0.05) is 35.5 Å². The first-order valence-electron chi connectivity index (χ1n) is 6.93. The fourth-order valence-corrected chi connectivity index (χ4v) is 3.10. The predicted octanol–water partition coefficient (Wildman–Crippen LogP) is 3.67. The standard InChI is InChI=1S/C17H16BrNO2/c18-15-7-6-13(16(20)9-15)10-19-11-14(8-17(19)21)12-4-2-1-3-5-12/h1-7,9,14,20H,8,10-11H2/t14-/m1/s1. The third-order valence-corrected chi connectivity index (χ3v) is 4.39. The van der Waals surface area contributed by atoms with Crippen molar-refractivity contribution in [1.82, 2.24) is 4.90 Å². The zero-order valence-corrected chi connectivity index (χ0v) is 13.1. The fourth-order valence-electron chi connectivity index (χ4n) is 2.75. The van der Waals surface area contributed by atoms with E-state index in [0.717, 1.165) is 10.0 Å². The van der Waals surface area contributed by atoms with Crippen LogP contribution in [0, 0.1) is 0 Å². The van der Waals surface area contributed by atoms with Crippen molar-refractivity contribution in [3.8, 4) is 5.75 Å². The van der Waals surface area contributed by atoms with Gasteiger partial charge >= 0.3 is 0 Å². The molecule has 2 aromatic carbocycles. The number of likely N-dealkylation sites (tertiary alicyclic amines) is 1. The normalized spacial score (nSPS) is 18.2. The summed E-state index contributed by atoms with van der Waals surface area (Å²) in [7, 11) is 0. The molecule has 1 atom stereocenters. The van der Waals surface area contributed by atoms with Crippen molar-refractivity contribution in [3.63, 3.8) is 0 Å². The molecule has 0 spiro atoms. The van der Waals surface area contributed by atoms with Crippen LogP contribution in [0.4, 0.5) is 0 Å². The molecule has 1 fully saturated rings. The second-order valence-electron chi connectivity index (χ2n) is 5.36. The van der Waals surface area contributed by atoms with Crippen LogP contribution < -0.4 is 0 Å². The van der Waals surface area contributed by atoms with E-state index in [-0.39, 0.29) is 17.6 Å². The van der Waals surface area contributed by atoms with Crippen molar-refractivity contribution in [1.29, 1.82) is 0 Å². The summed E-state index contributed by atoms with van der Waals surface area (Å²) in [5, 5.41) is 9.95. The summed E-state index contributed by atoms with van der Waals surface area (Å²) in [5.41, 5.74) is 1.98. The van der Waals surface area contributed by atoms with Crippen LogP contribution in [0.15, 0.2) is 53.0 Å². The van der Waals surface area contributed by atoms with Crippen LogP contribution in [0.3, 0.4) is 0 Å². The van der Waals surface area contributed by atoms with Gasteiger partial charge in [0.25, 0.3) is 0 Å². The van der Waals surface area contributed by atoms with Gasteiger partial charge in [-0.05, 0) is 17.7 Å². The van der Waals surface area contributed by atoms with Crippen LogP contribution in [0.2, 0.25) is 0 Å². The van der Waals surface area contributed by atoms with Crippen molar-refractivity contribution in [3.05, 3.63) is 64.1 Å². The minimum absolute atomic E-state index is 0.145. The van der Waals surface area contributed by atoms with Crippen LogP contribution >= 0.6 is 15.9 Å². The van der Waals surface area contributed by atoms with Crippen molar-refractivity contribution in [2.45, 2.75) is 18.9 Å². The number of hydrogen-bond acceptors (Lipinski definition) is 2. The summed E-state index contributed by atoms with van der Waals surface area (Å²) in [4.78, 5) is 14.0. The number of carbonyl (C=O) groups is 1. The van der Waals surface area contributed by atoms with Gasteiger partial charge in [-0.2, -0.15) is 0 Å². The van der Waals surface area contributed by atoms with E-state index in [4.69, 9.17) is 0 Å². The number of rotatable bonds is 3. The molecule has 1 heterocycles. The maximum Gasteiger partial charge on any atom is 0.223 e. The van der Waals surface area contributed by atoms with E-state index in [2.05, 4.69) is 28.1 Å². The van der Waals surface area contributed by atoms with Crippen molar-refractivity contribution in [2.24, 2.45) is 0 Å². The maximum atomic E-state index is 12.2. The molecule has 0 radical (unpaired) electrons. The Labute approximate surface area is 132 Å². The fraction of sp³-hybridized carbons (Fsp3) is 0.235. The minimum Gasteiger partial charge on any atom is -0.508 e. The van der Waals surface area contributed by atoms with E-state index in [1.54, 1.807) is 6.07 Å². The van der Waals surface area contributed by atoms with E-state index in [1.165, 1.54) is 5.56 Å². The summed E-state index contributed by atoms with van der Waals surface area (Å²) in [6.45, 7) is 1.17. The maximum absolute atomic E-state index is 12.2. The molecule has 0 aromatic heterocycles. The first-order valence-corrected chi connectivity index (χ1v) is 7.73. The highest BCUT2D eigenvalue weighted by Crippen LogP contribution is 2.31. The second kappa shape index (κ2) is 5.90. The number of amides is 1. The van der Waals surface area contributed by atoms with Crippen LogP contribution in [0.1, 0.15) is 23.5 Å². The number of carbonyl (C=O) groups excluding carboxylic acids is 1. The van der Waals surface area contributed by atoms with Gasteiger partial charge in [-0.3, -0.25) is 4.79 Å². The molecule has 2 aromatic rings. The molecular formula is C17H16BrNO2. The van der Waals surface area contributed by atoms with Crippen LogP contribution in [-0.2, 0) is 11.3 Å². The Bertz CT molecular complexity index is 657. The van der Waals surface area contributed by atoms with Crippen LogP contribution in [0.25, 0.3) is 0 Å². The van der Waals surface area contributed by atoms with Gasteiger partial charge in [-0.15, -0.1) is 0 Å². The molecular weight excluding hydrogens is 330 g/mol. The Morgan fingerprint density at radius 2 is 1.95 bits per heavy atom. The third kappa shape index (κ3) is 3.10. The Morgan fingerprint density at radius 3 is 2.67 bits per heavy atom. The van der Waals surface area contributed by atoms with E-state index >= 15 is 0 Å². The molecule has 1 aliphatic heterocycles. The van der Waals surface area contributed by atoms with Gasteiger partial charge in [0.1, 0.15) is 5.75 Å². The lowest BCUT2D eigenvalue weighted by atomic mass is 9.98. The number of benzene rings is 2. The molecule has 0 unspecified atom stereocenters. The molecule has 1 amide bonds. The van der Waals surface area contributed by atoms with Gasteiger partial charge < -0.3 is 10.0 Å². The lowest BCUT2D eigenvalue weighted by Crippen LogP contribution is -2.24. The molecule has 21 heavy (non-hydrogen) atoms. The summed E-state index contributed by atoms with van der Waals surface area (Å²) in [6.07, 6.45) is 0.543. The average molecular weight is 346 g/mol. The molecule has 1 saturated heterocycles. The van der Waals surface area contributed by atoms with Crippen molar-refractivity contribution >= 4 is 21.8 Å². The highest BCUT2D eigenvalue weighted by molar-refractivity contribution is 9.10. The van der Waals surface area contributed by atoms with Crippen molar-refractivity contribution in [2.75, 3.05) is 6.54 Å². The number of aromatic hydroxyl groups is 1. The van der Waals surface area contributed by atoms with Gasteiger partial charge in [0.05, 0.1) is 0 Å². The number of phenolic OH excluding ortho intramolecular Hbond substituents is 1. The minimum atomic E-state index is 0.145. The molecule has 0 saturated carbocycles. The van der Waals surface area contributed by atoms with Gasteiger partial charge in [0.15, 0.2) is 0 Å². The molecule has 0 bridgehead atoms. The smallest absolute Gasteiger partial charge is 0.223 e. The lowest BCUT2D eigenvalue weighted by molar-refractivity contribution is -0.128. The quantitative estimate of drug-likeness (QED) is 0.921. The SMILES string of the molecule is O=C1C[C@@H](c2ccccc2)CN1Cc1ccc(Br)cc1O. The molecule has 3 rings (SSSR count). The first-order chi connectivity index (χ1) is 10.1. The molecule has 1 aliphatic rings. The largest absolute Gasteiger partial charge is 0.508 e. The number of hydrogen-bond donors (Lipinski definition) is 1. The van der Waals surface area contributed by atoms with Crippen molar-refractivity contribution < 1.29 is 9.90 Å². The summed E-state index contributed by atoms with van der Waals surface area (Å²) in [5.74, 6) is 0.614. The summed E-state index contributed by atoms with van der Waals surface area (Å²) < 4.78 is 0.832. The Balaban J connectivity index is 1.74. The lowest BCUT2D eigenvalue weighted by Gasteiger charge is -2.17. The van der Waals surface area contributed by atoms with E-state index in [0.29, 0.717) is 19.5 Å². The Hall–Kier alpha value is -1.81. The molecule has 4 heteroatoms. The van der Waals surface area contributed by atoms with E-state index in [1.807, 2.05) is 35.2 Å². The third-order valence-electron chi connectivity index (χ3n) is 3.89. The zero-order chi connectivity index (χ0) is 14.8. The Kier molecular flexibility index (Phi) is 3.97. The highest BCUT2D eigenvalue weighted by atomic mass is 79.9. The predicted molar refractivity (Wildman–Crippen MR) is 85.0 cm³/mol. The second-order valence-corrected chi connectivity index (χ2v) is 6.27. The van der Waals surface area contributed by atoms with Gasteiger partial charge in [-0.25, -0.2) is 0 Å². The number of nitrogens with zero attached hydrogens (tertiary/aromatic N) is 1.